The minimum absolute atomic E-state index is 1.06. The molecule has 2 rings (SSSR count). The first-order valence-electron chi connectivity index (χ1n) is 5.12. The molecule has 2 heteroatoms. The summed E-state index contributed by atoms with van der Waals surface area (Å²) in [4.78, 5) is 0. The van der Waals surface area contributed by atoms with Gasteiger partial charge in [-0.2, -0.15) is 5.10 Å². The standard InChI is InChI=1S/C14H13N2/c1-2-3-4-6-13-7-9-14(10-8-13)16-12-5-11-15-16/h2-12H,1H2/b3-2+,6-4+. The molecule has 0 N–H and O–H groups in total. The molecular formula is C14H13N2. The van der Waals surface area contributed by atoms with Crippen molar-refractivity contribution in [1.29, 1.82) is 0 Å². The van der Waals surface area contributed by atoms with E-state index in [1.807, 2.05) is 47.3 Å². The molecule has 79 valence electrons. The van der Waals surface area contributed by atoms with E-state index >= 15 is 0 Å². The van der Waals surface area contributed by atoms with Crippen molar-refractivity contribution in [2.75, 3.05) is 0 Å². The van der Waals surface area contributed by atoms with Crippen LogP contribution in [-0.4, -0.2) is 9.78 Å². The van der Waals surface area contributed by atoms with E-state index in [0.717, 1.165) is 11.3 Å². The van der Waals surface area contributed by atoms with Gasteiger partial charge in [-0.15, -0.1) is 0 Å². The third-order valence-corrected chi connectivity index (χ3v) is 2.20. The molecule has 0 atom stereocenters. The van der Waals surface area contributed by atoms with Gasteiger partial charge >= 0.3 is 0 Å². The predicted molar refractivity (Wildman–Crippen MR) is 67.1 cm³/mol. The van der Waals surface area contributed by atoms with E-state index in [4.69, 9.17) is 0 Å². The van der Waals surface area contributed by atoms with Crippen LogP contribution in [0.25, 0.3) is 11.8 Å². The summed E-state index contributed by atoms with van der Waals surface area (Å²) in [7, 11) is 0. The van der Waals surface area contributed by atoms with Crippen LogP contribution in [0.3, 0.4) is 0 Å². The summed E-state index contributed by atoms with van der Waals surface area (Å²) in [5.41, 5.74) is 2.23. The second-order valence-corrected chi connectivity index (χ2v) is 3.33. The summed E-state index contributed by atoms with van der Waals surface area (Å²) in [6.07, 6.45) is 11.4. The zero-order valence-corrected chi connectivity index (χ0v) is 8.95. The van der Waals surface area contributed by atoms with Gasteiger partial charge in [0, 0.05) is 12.4 Å². The van der Waals surface area contributed by atoms with Crippen molar-refractivity contribution < 1.29 is 0 Å². The van der Waals surface area contributed by atoms with Gasteiger partial charge in [-0.25, -0.2) is 4.68 Å². The normalized spacial score (nSPS) is 11.6. The van der Waals surface area contributed by atoms with Gasteiger partial charge in [-0.05, 0) is 30.7 Å². The largest absolute Gasteiger partial charge is 0.241 e. The molecule has 0 unspecified atom stereocenters. The van der Waals surface area contributed by atoms with Crippen LogP contribution in [0.15, 0.2) is 61.0 Å². The number of allylic oxidation sites excluding steroid dienone is 3. The summed E-state index contributed by atoms with van der Waals surface area (Å²) in [6.45, 7) is 3.62. The molecule has 1 radical (unpaired) electrons. The summed E-state index contributed by atoms with van der Waals surface area (Å²) >= 11 is 0. The van der Waals surface area contributed by atoms with Crippen LogP contribution in [-0.2, 0) is 0 Å². The van der Waals surface area contributed by atoms with Crippen LogP contribution in [0.5, 0.6) is 0 Å². The Kier molecular flexibility index (Phi) is 3.34. The molecule has 0 aliphatic carbocycles. The fourth-order valence-electron chi connectivity index (χ4n) is 1.40. The lowest BCUT2D eigenvalue weighted by Gasteiger charge is -2.00. The second-order valence-electron chi connectivity index (χ2n) is 3.33. The molecule has 0 spiro atoms. The highest BCUT2D eigenvalue weighted by molar-refractivity contribution is 5.53. The van der Waals surface area contributed by atoms with Crippen LogP contribution in [0.1, 0.15) is 5.56 Å². The number of aromatic nitrogens is 2. The van der Waals surface area contributed by atoms with E-state index in [1.165, 1.54) is 0 Å². The van der Waals surface area contributed by atoms with Crippen molar-refractivity contribution in [3.8, 4) is 5.69 Å². The average molecular weight is 209 g/mol. The molecular weight excluding hydrogens is 196 g/mol. The van der Waals surface area contributed by atoms with Crippen molar-refractivity contribution in [3.63, 3.8) is 0 Å². The molecule has 0 fully saturated rings. The lowest BCUT2D eigenvalue weighted by molar-refractivity contribution is 0.880. The SMILES string of the molecule is [CH2]/C=C/C=C/c1ccc(-n2cccn2)cc1. The summed E-state index contributed by atoms with van der Waals surface area (Å²) in [5.74, 6) is 0. The highest BCUT2D eigenvalue weighted by atomic mass is 15.3. The fourth-order valence-corrected chi connectivity index (χ4v) is 1.40. The van der Waals surface area contributed by atoms with Gasteiger partial charge in [-0.1, -0.05) is 36.4 Å². The van der Waals surface area contributed by atoms with Gasteiger partial charge in [0.25, 0.3) is 0 Å². The minimum atomic E-state index is 1.06. The molecule has 0 aliphatic rings. The van der Waals surface area contributed by atoms with Crippen LogP contribution in [0.2, 0.25) is 0 Å². The van der Waals surface area contributed by atoms with Gasteiger partial charge in [0.2, 0.25) is 0 Å². The first kappa shape index (κ1) is 10.4. The second kappa shape index (κ2) is 5.12. The van der Waals surface area contributed by atoms with Crippen LogP contribution >= 0.6 is 0 Å². The molecule has 0 amide bonds. The van der Waals surface area contributed by atoms with Crippen LogP contribution < -0.4 is 0 Å². The smallest absolute Gasteiger partial charge is 0.0645 e. The number of hydrogen-bond acceptors (Lipinski definition) is 1. The topological polar surface area (TPSA) is 17.8 Å². The third-order valence-electron chi connectivity index (χ3n) is 2.20. The van der Waals surface area contributed by atoms with Gasteiger partial charge < -0.3 is 0 Å². The molecule has 0 aliphatic heterocycles. The Hall–Kier alpha value is -2.09. The quantitative estimate of drug-likeness (QED) is 0.709. The van der Waals surface area contributed by atoms with Crippen LogP contribution in [0, 0.1) is 6.92 Å². The van der Waals surface area contributed by atoms with Crippen molar-refractivity contribution in [2.45, 2.75) is 0 Å². The lowest BCUT2D eigenvalue weighted by atomic mass is 10.2. The Labute approximate surface area is 95.5 Å². The monoisotopic (exact) mass is 209 g/mol. The number of benzene rings is 1. The van der Waals surface area contributed by atoms with Gasteiger partial charge in [0.15, 0.2) is 0 Å². The third kappa shape index (κ3) is 2.48. The van der Waals surface area contributed by atoms with Crippen molar-refractivity contribution in [1.82, 2.24) is 9.78 Å². The molecule has 1 heterocycles. The van der Waals surface area contributed by atoms with Crippen molar-refractivity contribution >= 4 is 6.08 Å². The highest BCUT2D eigenvalue weighted by Crippen LogP contribution is 2.09. The number of hydrogen-bond donors (Lipinski definition) is 0. The summed E-state index contributed by atoms with van der Waals surface area (Å²) < 4.78 is 1.84. The summed E-state index contributed by atoms with van der Waals surface area (Å²) in [6, 6.07) is 10.1. The van der Waals surface area contributed by atoms with Crippen molar-refractivity contribution in [3.05, 3.63) is 73.4 Å². The number of rotatable bonds is 3. The molecule has 0 saturated heterocycles. The van der Waals surface area contributed by atoms with E-state index in [9.17, 15) is 0 Å². The zero-order chi connectivity index (χ0) is 11.2. The van der Waals surface area contributed by atoms with Crippen molar-refractivity contribution in [2.24, 2.45) is 0 Å². The molecule has 0 saturated carbocycles. The molecule has 1 aromatic carbocycles. The number of nitrogens with zero attached hydrogens (tertiary/aromatic N) is 2. The predicted octanol–water partition coefficient (Wildman–Crippen LogP) is 3.28. The maximum atomic E-state index is 4.17. The van der Waals surface area contributed by atoms with E-state index in [2.05, 4.69) is 24.2 Å². The molecule has 1 aromatic heterocycles. The van der Waals surface area contributed by atoms with Gasteiger partial charge in [0.05, 0.1) is 5.69 Å². The Bertz CT molecular complexity index is 476. The zero-order valence-electron chi connectivity index (χ0n) is 8.95. The minimum Gasteiger partial charge on any atom is -0.241 e. The fraction of sp³-hybridized carbons (Fsp3) is 0. The lowest BCUT2D eigenvalue weighted by Crippen LogP contribution is -1.93. The first-order valence-corrected chi connectivity index (χ1v) is 5.12. The molecule has 16 heavy (non-hydrogen) atoms. The van der Waals surface area contributed by atoms with E-state index in [1.54, 1.807) is 12.3 Å². The Balaban J connectivity index is 2.17. The van der Waals surface area contributed by atoms with E-state index in [0.29, 0.717) is 0 Å². The molecule has 2 nitrogen and oxygen atoms in total. The van der Waals surface area contributed by atoms with Gasteiger partial charge in [-0.3, -0.25) is 0 Å². The Morgan fingerprint density at radius 1 is 1.12 bits per heavy atom. The van der Waals surface area contributed by atoms with E-state index in [-0.39, 0.29) is 0 Å². The Morgan fingerprint density at radius 3 is 2.56 bits per heavy atom. The Morgan fingerprint density at radius 2 is 1.94 bits per heavy atom. The molecule has 2 aromatic rings. The van der Waals surface area contributed by atoms with E-state index < -0.39 is 0 Å². The first-order chi connectivity index (χ1) is 7.90. The summed E-state index contributed by atoms with van der Waals surface area (Å²) in [5, 5.41) is 4.17. The maximum absolute atomic E-state index is 4.17. The maximum Gasteiger partial charge on any atom is 0.0645 e. The highest BCUT2D eigenvalue weighted by Gasteiger charge is 1.94. The van der Waals surface area contributed by atoms with Gasteiger partial charge in [0.1, 0.15) is 0 Å². The molecule has 0 bridgehead atoms. The van der Waals surface area contributed by atoms with Crippen LogP contribution in [0.4, 0.5) is 0 Å². The average Bonchev–Trinajstić information content (AvgIpc) is 2.84.